The molecule has 1 aromatic rings. The van der Waals surface area contributed by atoms with Gasteiger partial charge in [0, 0.05) is 5.92 Å². The molecule has 1 aromatic carbocycles. The second-order valence-corrected chi connectivity index (χ2v) is 3.77. The molecule has 2 nitrogen and oxygen atoms in total. The number of ether oxygens (including phenoxy) is 1. The highest BCUT2D eigenvalue weighted by molar-refractivity contribution is 5.52. The van der Waals surface area contributed by atoms with Crippen molar-refractivity contribution in [1.29, 1.82) is 0 Å². The van der Waals surface area contributed by atoms with E-state index in [1.54, 1.807) is 0 Å². The summed E-state index contributed by atoms with van der Waals surface area (Å²) in [5.74, 6) is 1.10. The SMILES string of the molecule is CC(C=O)CCCCOc1ccccc1. The molecule has 1 atom stereocenters. The lowest BCUT2D eigenvalue weighted by molar-refractivity contribution is -0.110. The van der Waals surface area contributed by atoms with Crippen LogP contribution in [0.15, 0.2) is 30.3 Å². The van der Waals surface area contributed by atoms with Gasteiger partial charge in [-0.15, -0.1) is 0 Å². The van der Waals surface area contributed by atoms with Gasteiger partial charge >= 0.3 is 0 Å². The van der Waals surface area contributed by atoms with E-state index in [4.69, 9.17) is 4.74 Å². The van der Waals surface area contributed by atoms with Gasteiger partial charge in [-0.3, -0.25) is 0 Å². The molecule has 0 heterocycles. The highest BCUT2D eigenvalue weighted by Gasteiger charge is 1.98. The average molecular weight is 206 g/mol. The highest BCUT2D eigenvalue weighted by atomic mass is 16.5. The molecule has 0 saturated heterocycles. The van der Waals surface area contributed by atoms with E-state index < -0.39 is 0 Å². The minimum absolute atomic E-state index is 0.182. The second-order valence-electron chi connectivity index (χ2n) is 3.77. The highest BCUT2D eigenvalue weighted by Crippen LogP contribution is 2.10. The predicted molar refractivity (Wildman–Crippen MR) is 61.0 cm³/mol. The molecule has 0 aromatic heterocycles. The van der Waals surface area contributed by atoms with Gasteiger partial charge in [0.2, 0.25) is 0 Å². The molecular weight excluding hydrogens is 188 g/mol. The Kier molecular flexibility index (Phi) is 5.52. The first kappa shape index (κ1) is 11.8. The van der Waals surface area contributed by atoms with E-state index in [1.807, 2.05) is 37.3 Å². The third kappa shape index (κ3) is 5.21. The maximum atomic E-state index is 10.4. The quantitative estimate of drug-likeness (QED) is 0.506. The largest absolute Gasteiger partial charge is 0.494 e. The van der Waals surface area contributed by atoms with Gasteiger partial charge in [0.1, 0.15) is 12.0 Å². The minimum Gasteiger partial charge on any atom is -0.494 e. The van der Waals surface area contributed by atoms with Crippen molar-refractivity contribution < 1.29 is 9.53 Å². The fourth-order valence-corrected chi connectivity index (χ4v) is 1.34. The first-order valence-electron chi connectivity index (χ1n) is 5.46. The molecule has 0 aliphatic heterocycles. The van der Waals surface area contributed by atoms with E-state index >= 15 is 0 Å². The zero-order chi connectivity index (χ0) is 10.9. The average Bonchev–Trinajstić information content (AvgIpc) is 2.29. The summed E-state index contributed by atoms with van der Waals surface area (Å²) in [5.41, 5.74) is 0. The normalized spacial score (nSPS) is 12.1. The van der Waals surface area contributed by atoms with Gasteiger partial charge in [-0.25, -0.2) is 0 Å². The molecule has 0 saturated carbocycles. The third-order valence-corrected chi connectivity index (χ3v) is 2.30. The molecule has 1 rings (SSSR count). The first-order valence-corrected chi connectivity index (χ1v) is 5.46. The number of carbonyl (C=O) groups excluding carboxylic acids is 1. The maximum absolute atomic E-state index is 10.4. The molecule has 1 unspecified atom stereocenters. The summed E-state index contributed by atoms with van der Waals surface area (Å²) >= 11 is 0. The van der Waals surface area contributed by atoms with E-state index in [0.29, 0.717) is 0 Å². The summed E-state index contributed by atoms with van der Waals surface area (Å²) in [6.07, 6.45) is 4.03. The molecule has 2 heteroatoms. The van der Waals surface area contributed by atoms with Crippen LogP contribution < -0.4 is 4.74 Å². The van der Waals surface area contributed by atoms with E-state index in [9.17, 15) is 4.79 Å². The van der Waals surface area contributed by atoms with Crippen LogP contribution >= 0.6 is 0 Å². The summed E-state index contributed by atoms with van der Waals surface area (Å²) < 4.78 is 5.53. The Morgan fingerprint density at radius 3 is 2.67 bits per heavy atom. The molecular formula is C13H18O2. The van der Waals surface area contributed by atoms with Gasteiger partial charge in [0.25, 0.3) is 0 Å². The number of carbonyl (C=O) groups is 1. The topological polar surface area (TPSA) is 26.3 Å². The molecule has 0 amide bonds. The number of benzene rings is 1. The molecule has 0 bridgehead atoms. The molecule has 15 heavy (non-hydrogen) atoms. The summed E-state index contributed by atoms with van der Waals surface area (Å²) in [4.78, 5) is 10.4. The minimum atomic E-state index is 0.182. The molecule has 0 aliphatic rings. The van der Waals surface area contributed by atoms with E-state index in [1.165, 1.54) is 0 Å². The number of hydrogen-bond donors (Lipinski definition) is 0. The van der Waals surface area contributed by atoms with Crippen LogP contribution in [-0.2, 0) is 4.79 Å². The monoisotopic (exact) mass is 206 g/mol. The van der Waals surface area contributed by atoms with Crippen LogP contribution in [0.4, 0.5) is 0 Å². The fourth-order valence-electron chi connectivity index (χ4n) is 1.34. The van der Waals surface area contributed by atoms with Crippen molar-refractivity contribution >= 4 is 6.29 Å². The lowest BCUT2D eigenvalue weighted by Gasteiger charge is -2.06. The molecule has 0 aliphatic carbocycles. The van der Waals surface area contributed by atoms with Gasteiger partial charge in [-0.05, 0) is 31.4 Å². The van der Waals surface area contributed by atoms with Crippen LogP contribution in [0.25, 0.3) is 0 Å². The van der Waals surface area contributed by atoms with Crippen LogP contribution in [0.5, 0.6) is 5.75 Å². The number of rotatable bonds is 7. The predicted octanol–water partition coefficient (Wildman–Crippen LogP) is 3.07. The van der Waals surface area contributed by atoms with Gasteiger partial charge in [-0.1, -0.05) is 25.1 Å². The standard InChI is InChI=1S/C13H18O2/c1-12(11-14)7-5-6-10-15-13-8-3-2-4-9-13/h2-4,8-9,11-12H,5-7,10H2,1H3. The molecule has 0 N–H and O–H groups in total. The van der Waals surface area contributed by atoms with Crippen LogP contribution in [-0.4, -0.2) is 12.9 Å². The summed E-state index contributed by atoms with van der Waals surface area (Å²) in [6.45, 7) is 2.68. The van der Waals surface area contributed by atoms with Crippen LogP contribution in [0.3, 0.4) is 0 Å². The van der Waals surface area contributed by atoms with E-state index in [2.05, 4.69) is 0 Å². The number of aldehydes is 1. The summed E-state index contributed by atoms with van der Waals surface area (Å²) in [7, 11) is 0. The van der Waals surface area contributed by atoms with Crippen molar-refractivity contribution in [3.8, 4) is 5.75 Å². The molecule has 0 fully saturated rings. The zero-order valence-electron chi connectivity index (χ0n) is 9.19. The van der Waals surface area contributed by atoms with Crippen molar-refractivity contribution in [2.24, 2.45) is 5.92 Å². The zero-order valence-corrected chi connectivity index (χ0v) is 9.19. The smallest absolute Gasteiger partial charge is 0.122 e. The Hall–Kier alpha value is -1.31. The van der Waals surface area contributed by atoms with Crippen LogP contribution in [0.1, 0.15) is 26.2 Å². The van der Waals surface area contributed by atoms with Gasteiger partial charge in [0.15, 0.2) is 0 Å². The Bertz CT molecular complexity index is 269. The number of hydrogen-bond acceptors (Lipinski definition) is 2. The molecule has 82 valence electrons. The number of unbranched alkanes of at least 4 members (excludes halogenated alkanes) is 1. The Balaban J connectivity index is 2.05. The lowest BCUT2D eigenvalue weighted by Crippen LogP contribution is -2.00. The summed E-state index contributed by atoms with van der Waals surface area (Å²) in [5, 5.41) is 0. The Labute approximate surface area is 91.3 Å². The van der Waals surface area contributed by atoms with Gasteiger partial charge in [0.05, 0.1) is 6.61 Å². The molecule has 0 spiro atoms. The van der Waals surface area contributed by atoms with E-state index in [-0.39, 0.29) is 5.92 Å². The van der Waals surface area contributed by atoms with E-state index in [0.717, 1.165) is 37.9 Å². The summed E-state index contributed by atoms with van der Waals surface area (Å²) in [6, 6.07) is 9.80. The van der Waals surface area contributed by atoms with Gasteiger partial charge in [-0.2, -0.15) is 0 Å². The van der Waals surface area contributed by atoms with Crippen LogP contribution in [0, 0.1) is 5.92 Å². The maximum Gasteiger partial charge on any atom is 0.122 e. The van der Waals surface area contributed by atoms with Crippen molar-refractivity contribution in [2.75, 3.05) is 6.61 Å². The van der Waals surface area contributed by atoms with Crippen molar-refractivity contribution in [3.05, 3.63) is 30.3 Å². The molecule has 0 radical (unpaired) electrons. The Morgan fingerprint density at radius 2 is 2.00 bits per heavy atom. The fraction of sp³-hybridized carbons (Fsp3) is 0.462. The lowest BCUT2D eigenvalue weighted by atomic mass is 10.1. The van der Waals surface area contributed by atoms with Gasteiger partial charge < -0.3 is 9.53 Å². The van der Waals surface area contributed by atoms with Crippen molar-refractivity contribution in [1.82, 2.24) is 0 Å². The van der Waals surface area contributed by atoms with Crippen LogP contribution in [0.2, 0.25) is 0 Å². The third-order valence-electron chi connectivity index (χ3n) is 2.30. The number of para-hydroxylation sites is 1. The van der Waals surface area contributed by atoms with Crippen molar-refractivity contribution in [2.45, 2.75) is 26.2 Å². The Morgan fingerprint density at radius 1 is 1.27 bits per heavy atom. The second kappa shape index (κ2) is 7.04. The van der Waals surface area contributed by atoms with Crippen molar-refractivity contribution in [3.63, 3.8) is 0 Å². The first-order chi connectivity index (χ1) is 7.33.